The average Bonchev–Trinajstić information content (AvgIpc) is 2.62. The summed E-state index contributed by atoms with van der Waals surface area (Å²) in [5.74, 6) is 1.24. The Hall–Kier alpha value is -2.27. The molecule has 0 spiro atoms. The number of nitrogens with one attached hydrogen (secondary N) is 1. The lowest BCUT2D eigenvalue weighted by molar-refractivity contribution is -0.116. The molecular formula is C20H23NO3S. The Morgan fingerprint density at radius 3 is 2.28 bits per heavy atom. The molecule has 0 aliphatic rings. The van der Waals surface area contributed by atoms with Crippen LogP contribution in [0.2, 0.25) is 0 Å². The summed E-state index contributed by atoms with van der Waals surface area (Å²) in [7, 11) is 0. The Morgan fingerprint density at radius 2 is 1.68 bits per heavy atom. The van der Waals surface area contributed by atoms with Gasteiger partial charge in [0.05, 0.1) is 12.4 Å². The van der Waals surface area contributed by atoms with Gasteiger partial charge in [0.25, 0.3) is 0 Å². The highest BCUT2D eigenvalue weighted by molar-refractivity contribution is 8.00. The van der Waals surface area contributed by atoms with Crippen LogP contribution in [0.1, 0.15) is 37.0 Å². The lowest BCUT2D eigenvalue weighted by atomic mass is 10.1. The highest BCUT2D eigenvalue weighted by Gasteiger charge is 2.07. The Kier molecular flexibility index (Phi) is 7.54. The van der Waals surface area contributed by atoms with Crippen molar-refractivity contribution in [3.63, 3.8) is 0 Å². The van der Waals surface area contributed by atoms with Crippen LogP contribution in [0.15, 0.2) is 53.4 Å². The molecule has 2 aromatic carbocycles. The van der Waals surface area contributed by atoms with E-state index in [1.807, 2.05) is 50.2 Å². The third-order valence-corrected chi connectivity index (χ3v) is 4.48. The second-order valence-electron chi connectivity index (χ2n) is 5.49. The average molecular weight is 357 g/mol. The van der Waals surface area contributed by atoms with Gasteiger partial charge in [-0.15, -0.1) is 11.8 Å². The minimum Gasteiger partial charge on any atom is -0.494 e. The van der Waals surface area contributed by atoms with Crippen molar-refractivity contribution < 1.29 is 14.3 Å². The molecule has 1 N–H and O–H groups in total. The number of carbonyl (C=O) groups is 2. The zero-order valence-electron chi connectivity index (χ0n) is 14.6. The fourth-order valence-corrected chi connectivity index (χ4v) is 3.01. The molecule has 0 aromatic heterocycles. The molecule has 0 saturated heterocycles. The molecule has 0 saturated carbocycles. The van der Waals surface area contributed by atoms with Gasteiger partial charge in [0.1, 0.15) is 5.75 Å². The molecule has 5 heteroatoms. The highest BCUT2D eigenvalue weighted by Crippen LogP contribution is 2.22. The topological polar surface area (TPSA) is 55.4 Å². The summed E-state index contributed by atoms with van der Waals surface area (Å²) in [6.07, 6.45) is 1.35. The van der Waals surface area contributed by atoms with E-state index >= 15 is 0 Å². The van der Waals surface area contributed by atoms with Crippen LogP contribution in [-0.2, 0) is 4.79 Å². The van der Waals surface area contributed by atoms with Gasteiger partial charge in [-0.3, -0.25) is 9.59 Å². The van der Waals surface area contributed by atoms with Crippen LogP contribution >= 0.6 is 11.8 Å². The number of carbonyl (C=O) groups excluding carboxylic acids is 2. The maximum absolute atomic E-state index is 12.3. The Bertz CT molecular complexity index is 696. The SMILES string of the molecule is CCCC(=O)Nc1ccc(SCC(=O)c2ccc(OCC)cc2)cc1. The maximum atomic E-state index is 12.3. The quantitative estimate of drug-likeness (QED) is 0.517. The summed E-state index contributed by atoms with van der Waals surface area (Å²) in [5.41, 5.74) is 1.46. The number of hydrogen-bond acceptors (Lipinski definition) is 4. The molecular weight excluding hydrogens is 334 g/mol. The van der Waals surface area contributed by atoms with E-state index in [0.29, 0.717) is 24.3 Å². The number of ketones is 1. The predicted octanol–water partition coefficient (Wildman–Crippen LogP) is 4.80. The van der Waals surface area contributed by atoms with Crippen molar-refractivity contribution in [1.82, 2.24) is 0 Å². The zero-order chi connectivity index (χ0) is 18.1. The van der Waals surface area contributed by atoms with Crippen LogP contribution in [0.25, 0.3) is 0 Å². The zero-order valence-corrected chi connectivity index (χ0v) is 15.4. The standard InChI is InChI=1S/C20H23NO3S/c1-3-5-20(23)21-16-8-12-18(13-9-16)25-14-19(22)15-6-10-17(11-7-15)24-4-2/h6-13H,3-5,14H2,1-2H3,(H,21,23). The summed E-state index contributed by atoms with van der Waals surface area (Å²) < 4.78 is 5.38. The smallest absolute Gasteiger partial charge is 0.224 e. The number of hydrogen-bond donors (Lipinski definition) is 1. The van der Waals surface area contributed by atoms with Gasteiger partial charge in [0.15, 0.2) is 5.78 Å². The van der Waals surface area contributed by atoms with Gasteiger partial charge < -0.3 is 10.1 Å². The molecule has 0 unspecified atom stereocenters. The van der Waals surface area contributed by atoms with Crippen molar-refractivity contribution in [3.8, 4) is 5.75 Å². The lowest BCUT2D eigenvalue weighted by Gasteiger charge is -2.06. The first kappa shape index (κ1) is 19.1. The van der Waals surface area contributed by atoms with E-state index in [2.05, 4.69) is 5.32 Å². The molecule has 1 amide bonds. The summed E-state index contributed by atoms with van der Waals surface area (Å²) in [4.78, 5) is 24.8. The van der Waals surface area contributed by atoms with Gasteiger partial charge in [-0.2, -0.15) is 0 Å². The molecule has 0 atom stereocenters. The van der Waals surface area contributed by atoms with E-state index in [9.17, 15) is 9.59 Å². The van der Waals surface area contributed by atoms with Crippen LogP contribution < -0.4 is 10.1 Å². The van der Waals surface area contributed by atoms with E-state index < -0.39 is 0 Å². The predicted molar refractivity (Wildman–Crippen MR) is 103 cm³/mol. The van der Waals surface area contributed by atoms with E-state index in [0.717, 1.165) is 22.8 Å². The van der Waals surface area contributed by atoms with E-state index in [1.165, 1.54) is 11.8 Å². The van der Waals surface area contributed by atoms with Crippen LogP contribution in [0, 0.1) is 0 Å². The number of benzene rings is 2. The summed E-state index contributed by atoms with van der Waals surface area (Å²) >= 11 is 1.48. The molecule has 2 rings (SSSR count). The molecule has 25 heavy (non-hydrogen) atoms. The first-order chi connectivity index (χ1) is 12.1. The minimum absolute atomic E-state index is 0.0218. The summed E-state index contributed by atoms with van der Waals surface area (Å²) in [6, 6.07) is 14.8. The Labute approximate surface area is 153 Å². The molecule has 0 bridgehead atoms. The van der Waals surface area contributed by atoms with Crippen molar-refractivity contribution in [2.24, 2.45) is 0 Å². The van der Waals surface area contributed by atoms with Gasteiger partial charge >= 0.3 is 0 Å². The Morgan fingerprint density at radius 1 is 1.00 bits per heavy atom. The molecule has 0 aliphatic heterocycles. The first-order valence-electron chi connectivity index (χ1n) is 8.41. The number of Topliss-reactive ketones (excluding diaryl/α,β-unsaturated/α-hetero) is 1. The molecule has 2 aromatic rings. The highest BCUT2D eigenvalue weighted by atomic mass is 32.2. The number of anilines is 1. The number of amides is 1. The maximum Gasteiger partial charge on any atom is 0.224 e. The van der Waals surface area contributed by atoms with Crippen LogP contribution in [0.3, 0.4) is 0 Å². The van der Waals surface area contributed by atoms with Crippen molar-refractivity contribution in [2.45, 2.75) is 31.6 Å². The third kappa shape index (κ3) is 6.27. The van der Waals surface area contributed by atoms with Gasteiger partial charge in [-0.05, 0) is 61.9 Å². The van der Waals surface area contributed by atoms with E-state index in [1.54, 1.807) is 12.1 Å². The first-order valence-corrected chi connectivity index (χ1v) is 9.39. The van der Waals surface area contributed by atoms with Gasteiger partial charge in [-0.25, -0.2) is 0 Å². The number of rotatable bonds is 9. The monoisotopic (exact) mass is 357 g/mol. The van der Waals surface area contributed by atoms with Crippen molar-refractivity contribution in [1.29, 1.82) is 0 Å². The number of ether oxygens (including phenoxy) is 1. The van der Waals surface area contributed by atoms with Crippen molar-refractivity contribution in [2.75, 3.05) is 17.7 Å². The molecule has 0 fully saturated rings. The largest absolute Gasteiger partial charge is 0.494 e. The Balaban J connectivity index is 1.85. The second kappa shape index (κ2) is 9.89. The van der Waals surface area contributed by atoms with Crippen LogP contribution in [0.4, 0.5) is 5.69 Å². The molecule has 0 heterocycles. The normalized spacial score (nSPS) is 10.3. The fourth-order valence-electron chi connectivity index (χ4n) is 2.22. The third-order valence-electron chi connectivity index (χ3n) is 3.47. The molecule has 0 radical (unpaired) electrons. The molecule has 4 nitrogen and oxygen atoms in total. The summed E-state index contributed by atoms with van der Waals surface area (Å²) in [6.45, 7) is 4.51. The fraction of sp³-hybridized carbons (Fsp3) is 0.300. The second-order valence-corrected chi connectivity index (χ2v) is 6.54. The van der Waals surface area contributed by atoms with E-state index in [-0.39, 0.29) is 11.7 Å². The number of thioether (sulfide) groups is 1. The van der Waals surface area contributed by atoms with E-state index in [4.69, 9.17) is 4.74 Å². The van der Waals surface area contributed by atoms with Gasteiger partial charge in [0, 0.05) is 22.6 Å². The van der Waals surface area contributed by atoms with Gasteiger partial charge in [0.2, 0.25) is 5.91 Å². The lowest BCUT2D eigenvalue weighted by Crippen LogP contribution is -2.10. The molecule has 0 aliphatic carbocycles. The summed E-state index contributed by atoms with van der Waals surface area (Å²) in [5, 5.41) is 2.85. The van der Waals surface area contributed by atoms with Crippen LogP contribution in [0.5, 0.6) is 5.75 Å². The molecule has 132 valence electrons. The van der Waals surface area contributed by atoms with Crippen LogP contribution in [-0.4, -0.2) is 24.1 Å². The van der Waals surface area contributed by atoms with Crippen molar-refractivity contribution in [3.05, 3.63) is 54.1 Å². The van der Waals surface area contributed by atoms with Crippen molar-refractivity contribution >= 4 is 29.1 Å². The van der Waals surface area contributed by atoms with Gasteiger partial charge in [-0.1, -0.05) is 6.92 Å². The minimum atomic E-state index is 0.0218.